The fourth-order valence-electron chi connectivity index (χ4n) is 4.79. The molecule has 1 fully saturated rings. The number of hydrogen-bond donors (Lipinski definition) is 0. The summed E-state index contributed by atoms with van der Waals surface area (Å²) >= 11 is 0. The van der Waals surface area contributed by atoms with Crippen molar-refractivity contribution in [3.63, 3.8) is 0 Å². The van der Waals surface area contributed by atoms with Gasteiger partial charge in [0.05, 0.1) is 12.2 Å². The van der Waals surface area contributed by atoms with Crippen molar-refractivity contribution in [3.05, 3.63) is 95.1 Å². The molecule has 140 valence electrons. The van der Waals surface area contributed by atoms with Crippen LogP contribution < -0.4 is 0 Å². The maximum Gasteiger partial charge on any atom is 0.334 e. The number of esters is 1. The van der Waals surface area contributed by atoms with E-state index in [1.165, 1.54) is 0 Å². The summed E-state index contributed by atoms with van der Waals surface area (Å²) < 4.78 is 12.3. The van der Waals surface area contributed by atoms with Crippen LogP contribution in [0.3, 0.4) is 0 Å². The molecule has 4 nitrogen and oxygen atoms in total. The van der Waals surface area contributed by atoms with Crippen molar-refractivity contribution >= 4 is 11.8 Å². The van der Waals surface area contributed by atoms with Gasteiger partial charge in [-0.25, -0.2) is 4.79 Å². The number of hydrogen-bond acceptors (Lipinski definition) is 4. The van der Waals surface area contributed by atoms with Gasteiger partial charge in [-0.2, -0.15) is 0 Å². The summed E-state index contributed by atoms with van der Waals surface area (Å²) in [4.78, 5) is 26.0. The summed E-state index contributed by atoms with van der Waals surface area (Å²) in [6.45, 7) is 5.40. The van der Waals surface area contributed by atoms with Gasteiger partial charge in [-0.15, -0.1) is 0 Å². The molecule has 28 heavy (non-hydrogen) atoms. The second-order valence-electron chi connectivity index (χ2n) is 7.69. The third kappa shape index (κ3) is 2.21. The molecule has 3 aliphatic rings. The Balaban J connectivity index is 1.82. The molecule has 0 aromatic heterocycles. The molecule has 2 bridgehead atoms. The van der Waals surface area contributed by atoms with E-state index in [4.69, 9.17) is 9.47 Å². The fourth-order valence-corrected chi connectivity index (χ4v) is 4.79. The first kappa shape index (κ1) is 17.1. The topological polar surface area (TPSA) is 52.6 Å². The van der Waals surface area contributed by atoms with Crippen molar-refractivity contribution in [2.75, 3.05) is 0 Å². The maximum atomic E-state index is 13.2. The lowest BCUT2D eigenvalue weighted by molar-refractivity contribution is -0.159. The average Bonchev–Trinajstić information content (AvgIpc) is 3.35. The Kier molecular flexibility index (Phi) is 3.68. The van der Waals surface area contributed by atoms with Crippen molar-refractivity contribution in [1.29, 1.82) is 0 Å². The highest BCUT2D eigenvalue weighted by Gasteiger charge is 2.58. The molecule has 2 heterocycles. The number of ether oxygens (including phenoxy) is 2. The molecule has 0 radical (unpaired) electrons. The van der Waals surface area contributed by atoms with Gasteiger partial charge in [-0.05, 0) is 13.3 Å². The summed E-state index contributed by atoms with van der Waals surface area (Å²) in [5.74, 6) is -0.639. The lowest BCUT2D eigenvalue weighted by Gasteiger charge is -2.44. The second-order valence-corrected chi connectivity index (χ2v) is 7.69. The van der Waals surface area contributed by atoms with Crippen LogP contribution in [0.15, 0.2) is 72.8 Å². The van der Waals surface area contributed by atoms with Crippen LogP contribution in [0, 0.1) is 5.92 Å². The largest absolute Gasteiger partial charge is 0.445 e. The third-order valence-electron chi connectivity index (χ3n) is 6.00. The Hall–Kier alpha value is -2.98. The van der Waals surface area contributed by atoms with E-state index < -0.39 is 11.6 Å². The van der Waals surface area contributed by atoms with Crippen LogP contribution in [0.25, 0.3) is 0 Å². The van der Waals surface area contributed by atoms with Crippen LogP contribution in [0.1, 0.15) is 40.4 Å². The van der Waals surface area contributed by atoms with Crippen molar-refractivity contribution in [1.82, 2.24) is 0 Å². The smallest absolute Gasteiger partial charge is 0.334 e. The second kappa shape index (κ2) is 6.01. The van der Waals surface area contributed by atoms with Crippen molar-refractivity contribution in [2.24, 2.45) is 5.92 Å². The summed E-state index contributed by atoms with van der Waals surface area (Å²) in [5.41, 5.74) is 1.82. The quantitative estimate of drug-likeness (QED) is 0.465. The van der Waals surface area contributed by atoms with Gasteiger partial charge in [-0.1, -0.05) is 67.3 Å². The molecule has 2 aliphatic heterocycles. The molecule has 2 aromatic rings. The minimum Gasteiger partial charge on any atom is -0.445 e. The minimum atomic E-state index is -1.10. The molecule has 3 atom stereocenters. The Morgan fingerprint density at radius 2 is 1.68 bits per heavy atom. The maximum absolute atomic E-state index is 13.2. The summed E-state index contributed by atoms with van der Waals surface area (Å²) in [6.07, 6.45) is 4.66. The van der Waals surface area contributed by atoms with E-state index in [9.17, 15) is 9.59 Å². The lowest BCUT2D eigenvalue weighted by atomic mass is 9.65. The van der Waals surface area contributed by atoms with E-state index in [0.29, 0.717) is 16.7 Å². The van der Waals surface area contributed by atoms with Crippen LogP contribution >= 0.6 is 0 Å². The van der Waals surface area contributed by atoms with Gasteiger partial charge in [-0.3, -0.25) is 4.79 Å². The number of rotatable bonds is 3. The van der Waals surface area contributed by atoms with Gasteiger partial charge in [0.2, 0.25) is 0 Å². The number of carbonyl (C=O) groups excluding carboxylic acids is 2. The van der Waals surface area contributed by atoms with Gasteiger partial charge in [0.15, 0.2) is 11.4 Å². The van der Waals surface area contributed by atoms with Gasteiger partial charge in [0.25, 0.3) is 0 Å². The molecular weight excluding hydrogens is 352 g/mol. The molecule has 0 N–H and O–H groups in total. The van der Waals surface area contributed by atoms with E-state index in [2.05, 4.69) is 12.7 Å². The number of fused-ring (bicyclic) bond motifs is 4. The molecule has 0 amide bonds. The lowest BCUT2D eigenvalue weighted by Crippen LogP contribution is -2.48. The van der Waals surface area contributed by atoms with E-state index in [1.54, 1.807) is 19.1 Å². The van der Waals surface area contributed by atoms with Gasteiger partial charge in [0, 0.05) is 33.7 Å². The molecular formula is C24H20O4. The number of ketones is 1. The van der Waals surface area contributed by atoms with Crippen molar-refractivity contribution in [2.45, 2.75) is 31.2 Å². The van der Waals surface area contributed by atoms with Crippen LogP contribution in [-0.2, 0) is 19.9 Å². The zero-order valence-electron chi connectivity index (χ0n) is 15.6. The summed E-state index contributed by atoms with van der Waals surface area (Å²) in [5, 5.41) is 0. The first-order valence-electron chi connectivity index (χ1n) is 9.48. The minimum absolute atomic E-state index is 0.00681. The zero-order valence-corrected chi connectivity index (χ0v) is 15.6. The zero-order chi connectivity index (χ0) is 19.5. The van der Waals surface area contributed by atoms with Gasteiger partial charge in [0.1, 0.15) is 0 Å². The number of carbonyl (C=O) groups is 2. The molecule has 1 saturated heterocycles. The number of benzene rings is 2. The molecule has 3 unspecified atom stereocenters. The molecule has 5 rings (SSSR count). The average molecular weight is 372 g/mol. The summed E-state index contributed by atoms with van der Waals surface area (Å²) in [6, 6.07) is 14.8. The van der Waals surface area contributed by atoms with Gasteiger partial charge >= 0.3 is 5.97 Å². The Labute approximate surface area is 163 Å². The van der Waals surface area contributed by atoms with E-state index in [1.807, 2.05) is 42.5 Å². The van der Waals surface area contributed by atoms with Crippen LogP contribution in [0.5, 0.6) is 0 Å². The fraction of sp³-hybridized carbons (Fsp3) is 0.250. The Bertz CT molecular complexity index is 999. The molecule has 1 aliphatic carbocycles. The SMILES string of the molecule is C=C(C)C(=O)OC1(C2CC3C=CC2O3)c2ccccc2C(=O)c2ccccc21. The first-order chi connectivity index (χ1) is 13.5. The monoisotopic (exact) mass is 372 g/mol. The van der Waals surface area contributed by atoms with E-state index in [-0.39, 0.29) is 23.9 Å². The highest BCUT2D eigenvalue weighted by molar-refractivity contribution is 6.13. The van der Waals surface area contributed by atoms with Crippen molar-refractivity contribution < 1.29 is 19.1 Å². The van der Waals surface area contributed by atoms with E-state index >= 15 is 0 Å². The highest BCUT2D eigenvalue weighted by Crippen LogP contribution is 2.54. The van der Waals surface area contributed by atoms with E-state index in [0.717, 1.165) is 17.5 Å². The first-order valence-corrected chi connectivity index (χ1v) is 9.48. The predicted molar refractivity (Wildman–Crippen MR) is 104 cm³/mol. The highest BCUT2D eigenvalue weighted by atomic mass is 16.6. The Morgan fingerprint density at radius 1 is 1.07 bits per heavy atom. The predicted octanol–water partition coefficient (Wildman–Crippen LogP) is 3.94. The molecule has 2 aromatic carbocycles. The molecule has 4 heteroatoms. The molecule has 0 saturated carbocycles. The Morgan fingerprint density at radius 3 is 2.18 bits per heavy atom. The standard InChI is InChI=1S/C24H20O4/c1-14(2)23(26)28-24(20-13-15-11-12-21(20)27-15)18-9-5-3-7-16(18)22(25)17-8-4-6-10-19(17)24/h3-12,15,20-21H,1,13H2,2H3. The van der Waals surface area contributed by atoms with Crippen LogP contribution in [0.4, 0.5) is 0 Å². The van der Waals surface area contributed by atoms with Crippen LogP contribution in [0.2, 0.25) is 0 Å². The van der Waals surface area contributed by atoms with Crippen molar-refractivity contribution in [3.8, 4) is 0 Å². The summed E-state index contributed by atoms with van der Waals surface area (Å²) in [7, 11) is 0. The third-order valence-corrected chi connectivity index (χ3v) is 6.00. The van der Waals surface area contributed by atoms with Gasteiger partial charge < -0.3 is 9.47 Å². The van der Waals surface area contributed by atoms with Crippen LogP contribution in [-0.4, -0.2) is 24.0 Å². The normalized spacial score (nSPS) is 25.9. The molecule has 0 spiro atoms.